The molecule has 0 aromatic heterocycles. The van der Waals surface area contributed by atoms with Crippen molar-refractivity contribution in [2.75, 3.05) is 7.11 Å². The highest BCUT2D eigenvalue weighted by atomic mass is 16.5. The number of ether oxygens (including phenoxy) is 1. The van der Waals surface area contributed by atoms with Crippen molar-refractivity contribution < 1.29 is 4.74 Å². The number of hydrogen-bond acceptors (Lipinski definition) is 2. The third kappa shape index (κ3) is 3.24. The van der Waals surface area contributed by atoms with E-state index >= 15 is 0 Å². The fourth-order valence-electron chi connectivity index (χ4n) is 1.81. The van der Waals surface area contributed by atoms with Crippen LogP contribution in [0.1, 0.15) is 44.4 Å². The fraction of sp³-hybridized carbons (Fsp3) is 0.571. The minimum absolute atomic E-state index is 0.388. The zero-order valence-electron chi connectivity index (χ0n) is 11.0. The summed E-state index contributed by atoms with van der Waals surface area (Å²) in [5.74, 6) is 0.958. The van der Waals surface area contributed by atoms with Crippen LogP contribution in [-0.2, 0) is 0 Å². The minimum Gasteiger partial charge on any atom is -0.496 e. The van der Waals surface area contributed by atoms with Crippen LogP contribution in [0.5, 0.6) is 5.75 Å². The number of hydrogen-bond donors (Lipinski definition) is 1. The molecule has 1 aromatic carbocycles. The molecular formula is C14H23NO. The molecule has 0 saturated carbocycles. The van der Waals surface area contributed by atoms with Gasteiger partial charge in [-0.05, 0) is 44.4 Å². The number of rotatable bonds is 5. The Balaban J connectivity index is 2.76. The first-order valence-corrected chi connectivity index (χ1v) is 5.99. The van der Waals surface area contributed by atoms with Gasteiger partial charge in [-0.1, -0.05) is 19.1 Å². The predicted molar refractivity (Wildman–Crippen MR) is 69.0 cm³/mol. The lowest BCUT2D eigenvalue weighted by Gasteiger charge is -2.20. The largest absolute Gasteiger partial charge is 0.496 e. The van der Waals surface area contributed by atoms with Gasteiger partial charge in [0.2, 0.25) is 0 Å². The lowest BCUT2D eigenvalue weighted by atomic mass is 10.0. The van der Waals surface area contributed by atoms with Crippen molar-refractivity contribution in [3.63, 3.8) is 0 Å². The Bertz CT molecular complexity index is 336. The quantitative estimate of drug-likeness (QED) is 0.822. The predicted octanol–water partition coefficient (Wildman–Crippen LogP) is 3.45. The summed E-state index contributed by atoms with van der Waals surface area (Å²) in [7, 11) is 1.71. The maximum absolute atomic E-state index is 5.26. The summed E-state index contributed by atoms with van der Waals surface area (Å²) >= 11 is 0. The second kappa shape index (κ2) is 5.90. The normalized spacial score (nSPS) is 14.6. The van der Waals surface area contributed by atoms with Crippen LogP contribution >= 0.6 is 0 Å². The summed E-state index contributed by atoms with van der Waals surface area (Å²) in [6, 6.07) is 7.31. The molecule has 0 bridgehead atoms. The molecule has 0 spiro atoms. The topological polar surface area (TPSA) is 21.3 Å². The lowest BCUT2D eigenvalue weighted by Crippen LogP contribution is -2.28. The highest BCUT2D eigenvalue weighted by Gasteiger charge is 2.09. The van der Waals surface area contributed by atoms with Crippen LogP contribution in [0.3, 0.4) is 0 Å². The van der Waals surface area contributed by atoms with Crippen molar-refractivity contribution in [2.24, 2.45) is 0 Å². The van der Waals surface area contributed by atoms with Crippen molar-refractivity contribution >= 4 is 0 Å². The van der Waals surface area contributed by atoms with Crippen molar-refractivity contribution in [3.8, 4) is 5.75 Å². The molecule has 0 aliphatic heterocycles. The highest BCUT2D eigenvalue weighted by molar-refractivity contribution is 5.37. The third-order valence-electron chi connectivity index (χ3n) is 3.07. The van der Waals surface area contributed by atoms with Gasteiger partial charge in [0.1, 0.15) is 5.75 Å². The van der Waals surface area contributed by atoms with Gasteiger partial charge in [-0.2, -0.15) is 0 Å². The van der Waals surface area contributed by atoms with Crippen molar-refractivity contribution in [3.05, 3.63) is 29.3 Å². The molecule has 2 atom stereocenters. The van der Waals surface area contributed by atoms with E-state index in [0.717, 1.165) is 12.2 Å². The first-order valence-electron chi connectivity index (χ1n) is 5.99. The molecule has 0 heterocycles. The first kappa shape index (κ1) is 13.0. The Morgan fingerprint density at radius 3 is 2.50 bits per heavy atom. The van der Waals surface area contributed by atoms with Gasteiger partial charge in [-0.3, -0.25) is 0 Å². The first-order chi connectivity index (χ1) is 7.58. The number of benzene rings is 1. The van der Waals surface area contributed by atoms with Gasteiger partial charge in [0.25, 0.3) is 0 Å². The van der Waals surface area contributed by atoms with Gasteiger partial charge in [0.05, 0.1) is 7.11 Å². The van der Waals surface area contributed by atoms with E-state index in [4.69, 9.17) is 4.74 Å². The summed E-state index contributed by atoms with van der Waals surface area (Å²) in [5.41, 5.74) is 2.51. The summed E-state index contributed by atoms with van der Waals surface area (Å²) in [4.78, 5) is 0. The van der Waals surface area contributed by atoms with Crippen LogP contribution in [-0.4, -0.2) is 13.2 Å². The average molecular weight is 221 g/mol. The van der Waals surface area contributed by atoms with Gasteiger partial charge in [-0.25, -0.2) is 0 Å². The highest BCUT2D eigenvalue weighted by Crippen LogP contribution is 2.22. The molecule has 90 valence electrons. The van der Waals surface area contributed by atoms with Crippen molar-refractivity contribution in [1.82, 2.24) is 5.32 Å². The Kier molecular flexibility index (Phi) is 4.81. The molecule has 2 nitrogen and oxygen atoms in total. The van der Waals surface area contributed by atoms with Crippen LogP contribution < -0.4 is 10.1 Å². The van der Waals surface area contributed by atoms with E-state index in [0.29, 0.717) is 12.1 Å². The van der Waals surface area contributed by atoms with Crippen LogP contribution in [0.25, 0.3) is 0 Å². The Morgan fingerprint density at radius 2 is 2.00 bits per heavy atom. The van der Waals surface area contributed by atoms with E-state index in [2.05, 4.69) is 45.1 Å². The number of nitrogens with one attached hydrogen (secondary N) is 1. The SMILES string of the molecule is CCC(C)NC(C)c1ccc(OC)c(C)c1. The standard InChI is InChI=1S/C14H23NO/c1-6-11(3)15-12(4)13-7-8-14(16-5)10(2)9-13/h7-9,11-12,15H,6H2,1-5H3. The summed E-state index contributed by atoms with van der Waals surface area (Å²) < 4.78 is 5.26. The van der Waals surface area contributed by atoms with Gasteiger partial charge >= 0.3 is 0 Å². The molecule has 0 radical (unpaired) electrons. The number of methoxy groups -OCH3 is 1. The summed E-state index contributed by atoms with van der Waals surface area (Å²) in [6.07, 6.45) is 1.15. The smallest absolute Gasteiger partial charge is 0.121 e. The molecule has 0 amide bonds. The molecule has 1 rings (SSSR count). The maximum atomic E-state index is 5.26. The monoisotopic (exact) mass is 221 g/mol. The molecule has 0 saturated heterocycles. The van der Waals surface area contributed by atoms with E-state index < -0.39 is 0 Å². The zero-order chi connectivity index (χ0) is 12.1. The number of aryl methyl sites for hydroxylation is 1. The van der Waals surface area contributed by atoms with Crippen molar-refractivity contribution in [1.29, 1.82) is 0 Å². The molecule has 1 aromatic rings. The van der Waals surface area contributed by atoms with Gasteiger partial charge < -0.3 is 10.1 Å². The molecule has 2 heteroatoms. The van der Waals surface area contributed by atoms with Gasteiger partial charge in [0.15, 0.2) is 0 Å². The lowest BCUT2D eigenvalue weighted by molar-refractivity contribution is 0.410. The molecule has 1 N–H and O–H groups in total. The van der Waals surface area contributed by atoms with E-state index in [-0.39, 0.29) is 0 Å². The van der Waals surface area contributed by atoms with Gasteiger partial charge in [0, 0.05) is 12.1 Å². The Labute approximate surface area is 99.0 Å². The molecule has 0 aliphatic carbocycles. The average Bonchev–Trinajstić information content (AvgIpc) is 2.28. The molecular weight excluding hydrogens is 198 g/mol. The minimum atomic E-state index is 0.388. The van der Waals surface area contributed by atoms with Gasteiger partial charge in [-0.15, -0.1) is 0 Å². The van der Waals surface area contributed by atoms with Crippen LogP contribution in [0.4, 0.5) is 0 Å². The fourth-order valence-corrected chi connectivity index (χ4v) is 1.81. The van der Waals surface area contributed by atoms with E-state index in [9.17, 15) is 0 Å². The van der Waals surface area contributed by atoms with E-state index in [1.165, 1.54) is 11.1 Å². The summed E-state index contributed by atoms with van der Waals surface area (Å²) in [5, 5.41) is 3.57. The molecule has 0 aliphatic rings. The van der Waals surface area contributed by atoms with E-state index in [1.54, 1.807) is 7.11 Å². The molecule has 2 unspecified atom stereocenters. The van der Waals surface area contributed by atoms with Crippen LogP contribution in [0.15, 0.2) is 18.2 Å². The Morgan fingerprint density at radius 1 is 1.31 bits per heavy atom. The second-order valence-electron chi connectivity index (χ2n) is 4.43. The summed E-state index contributed by atoms with van der Waals surface area (Å²) in [6.45, 7) is 8.70. The maximum Gasteiger partial charge on any atom is 0.121 e. The second-order valence-corrected chi connectivity index (χ2v) is 4.43. The molecule has 16 heavy (non-hydrogen) atoms. The zero-order valence-corrected chi connectivity index (χ0v) is 11.0. The van der Waals surface area contributed by atoms with Crippen LogP contribution in [0.2, 0.25) is 0 Å². The van der Waals surface area contributed by atoms with Crippen LogP contribution in [0, 0.1) is 6.92 Å². The Hall–Kier alpha value is -1.02. The third-order valence-corrected chi connectivity index (χ3v) is 3.07. The molecule has 0 fully saturated rings. The van der Waals surface area contributed by atoms with Crippen molar-refractivity contribution in [2.45, 2.75) is 46.2 Å². The van der Waals surface area contributed by atoms with E-state index in [1.807, 2.05) is 6.07 Å².